The lowest BCUT2D eigenvalue weighted by Crippen LogP contribution is -2.94. The Morgan fingerprint density at radius 3 is 2.19 bits per heavy atom. The smallest absolute Gasteiger partial charge is 0.224 e. The van der Waals surface area contributed by atoms with Crippen molar-refractivity contribution in [2.45, 2.75) is 34.7 Å². The van der Waals surface area contributed by atoms with Gasteiger partial charge in [0.1, 0.15) is 38.8 Å². The number of anilines is 2. The Hall–Kier alpha value is -3.55. The number of fused-ring (bicyclic) bond motifs is 1. The number of hydrogen-bond donors (Lipinski definition) is 6. The van der Waals surface area contributed by atoms with Crippen LogP contribution in [0.15, 0.2) is 61.6 Å². The Bertz CT molecular complexity index is 1690. The van der Waals surface area contributed by atoms with E-state index in [1.807, 2.05) is 42.8 Å². The summed E-state index contributed by atoms with van der Waals surface area (Å²) in [6.07, 6.45) is 4.74. The number of imidazole rings is 1. The molecule has 1 aliphatic rings. The normalized spacial score (nSPS) is 26.7. The number of benzene rings is 1. The first-order chi connectivity index (χ1) is 19.3. The summed E-state index contributed by atoms with van der Waals surface area (Å²) in [4.78, 5) is 13.2. The van der Waals surface area contributed by atoms with Crippen LogP contribution in [0.1, 0.15) is 11.4 Å². The summed E-state index contributed by atoms with van der Waals surface area (Å²) in [5.74, 6) is -2.94. The predicted molar refractivity (Wildman–Crippen MR) is 162 cm³/mol. The molecular weight excluding hydrogens is 530 g/mol. The van der Waals surface area contributed by atoms with E-state index in [9.17, 15) is 25.5 Å². The highest BCUT2D eigenvalue weighted by Gasteiger charge is 2.74. The largest absolute Gasteiger partial charge is 0.397 e. The van der Waals surface area contributed by atoms with E-state index in [1.54, 1.807) is 12.4 Å². The van der Waals surface area contributed by atoms with Gasteiger partial charge in [0.2, 0.25) is 5.79 Å². The second-order valence-corrected chi connectivity index (χ2v) is 10.5. The van der Waals surface area contributed by atoms with E-state index in [0.29, 0.717) is 22.0 Å². The Labute approximate surface area is 248 Å². The van der Waals surface area contributed by atoms with Crippen molar-refractivity contribution in [2.75, 3.05) is 10.2 Å². The molecule has 0 aliphatic carbocycles. The molecular formula is C26H23B5N6O5. The first-order valence-electron chi connectivity index (χ1n) is 12.5. The zero-order valence-electron chi connectivity index (χ0n) is 22.8. The fourth-order valence-electron chi connectivity index (χ4n) is 4.92. The topological polar surface area (TPSA) is 160 Å². The summed E-state index contributed by atoms with van der Waals surface area (Å²) in [7, 11) is 30.9. The molecule has 4 heterocycles. The Morgan fingerprint density at radius 2 is 1.55 bits per heavy atom. The molecule has 0 amide bonds. The van der Waals surface area contributed by atoms with E-state index < -0.39 is 27.7 Å². The van der Waals surface area contributed by atoms with Crippen molar-refractivity contribution in [3.8, 4) is 11.3 Å². The average Bonchev–Trinajstić information content (AvgIpc) is 3.25. The van der Waals surface area contributed by atoms with E-state index in [4.69, 9.17) is 39.2 Å². The molecule has 3 aromatic heterocycles. The van der Waals surface area contributed by atoms with Crippen LogP contribution in [0.5, 0.6) is 0 Å². The number of aliphatic hydroxyl groups is 5. The van der Waals surface area contributed by atoms with Gasteiger partial charge in [-0.1, -0.05) is 18.7 Å². The van der Waals surface area contributed by atoms with E-state index in [-0.39, 0.29) is 5.82 Å². The SMILES string of the molecule is [B]C1([B])N(c2cc(C(=C)Nc3cc4cc(-c5cnc(C)n5C)ccc4cn3)ccn2)C([B])(O)C(O)(O)C([B])(O)C1([B])O. The standard InChI is InChI=1S/C26H23B5N6O5/c1-13(35-20-9-18-8-16(4-5-17(18)11-34-20)19-12-33-14(2)36(19)3)15-6-7-32-21(10-15)37-25(29,30)23(28,39)22(27,38)24(40,41)26(37,31)42/h4-12,38-42H,1H2,2-3H3,(H,34,35). The lowest BCUT2D eigenvalue weighted by Gasteiger charge is -2.70. The van der Waals surface area contributed by atoms with Gasteiger partial charge >= 0.3 is 0 Å². The molecule has 16 heteroatoms. The zero-order chi connectivity index (χ0) is 31.0. The van der Waals surface area contributed by atoms with Gasteiger partial charge in [0.25, 0.3) is 0 Å². The van der Waals surface area contributed by atoms with E-state index >= 15 is 0 Å². The number of aromatic nitrogens is 4. The van der Waals surface area contributed by atoms with Crippen LogP contribution in [-0.2, 0) is 7.05 Å². The van der Waals surface area contributed by atoms with Crippen LogP contribution in [0.3, 0.4) is 0 Å². The molecule has 3 atom stereocenters. The first kappa shape index (κ1) is 29.9. The highest BCUT2D eigenvalue weighted by atomic mass is 16.6. The van der Waals surface area contributed by atoms with Gasteiger partial charge in [0.15, 0.2) is 7.85 Å². The lowest BCUT2D eigenvalue weighted by atomic mass is 9.33. The highest BCUT2D eigenvalue weighted by Crippen LogP contribution is 2.49. The molecule has 5 rings (SSSR count). The van der Waals surface area contributed by atoms with Crippen molar-refractivity contribution in [1.29, 1.82) is 0 Å². The monoisotopic (exact) mass is 554 g/mol. The Morgan fingerprint density at radius 1 is 0.857 bits per heavy atom. The van der Waals surface area contributed by atoms with E-state index in [1.165, 1.54) is 18.3 Å². The fourth-order valence-corrected chi connectivity index (χ4v) is 4.92. The van der Waals surface area contributed by atoms with Crippen LogP contribution in [0.4, 0.5) is 11.6 Å². The molecule has 0 spiro atoms. The van der Waals surface area contributed by atoms with Crippen molar-refractivity contribution >= 4 is 67.3 Å². The second kappa shape index (κ2) is 9.48. The molecule has 3 unspecified atom stereocenters. The Kier molecular flexibility index (Phi) is 6.76. The third-order valence-electron chi connectivity index (χ3n) is 7.79. The summed E-state index contributed by atoms with van der Waals surface area (Å²) >= 11 is 0. The van der Waals surface area contributed by atoms with Gasteiger partial charge in [-0.25, -0.2) is 15.0 Å². The second-order valence-electron chi connectivity index (χ2n) is 10.5. The maximum Gasteiger partial charge on any atom is 0.224 e. The van der Waals surface area contributed by atoms with Crippen molar-refractivity contribution < 1.29 is 25.5 Å². The van der Waals surface area contributed by atoms with Crippen molar-refractivity contribution in [3.05, 3.63) is 73.0 Å². The van der Waals surface area contributed by atoms with Crippen LogP contribution in [0.25, 0.3) is 27.7 Å². The number of nitrogens with one attached hydrogen (secondary N) is 1. The maximum absolute atomic E-state index is 11.0. The van der Waals surface area contributed by atoms with Gasteiger partial charge in [0, 0.05) is 41.7 Å². The molecule has 202 valence electrons. The van der Waals surface area contributed by atoms with Gasteiger partial charge in [-0.15, -0.1) is 0 Å². The fraction of sp³-hybridized carbons (Fsp3) is 0.269. The minimum Gasteiger partial charge on any atom is -0.397 e. The third-order valence-corrected chi connectivity index (χ3v) is 7.79. The van der Waals surface area contributed by atoms with Gasteiger partial charge in [-0.3, -0.25) is 0 Å². The summed E-state index contributed by atoms with van der Waals surface area (Å²) in [6.45, 7) is 5.94. The predicted octanol–water partition coefficient (Wildman–Crippen LogP) is -1.56. The molecule has 1 aliphatic heterocycles. The summed E-state index contributed by atoms with van der Waals surface area (Å²) in [5.41, 5.74) is -7.84. The summed E-state index contributed by atoms with van der Waals surface area (Å²) in [5, 5.41) is 55.2. The highest BCUT2D eigenvalue weighted by molar-refractivity contribution is 6.49. The number of nitrogens with zero attached hydrogens (tertiary/aromatic N) is 5. The van der Waals surface area contributed by atoms with Gasteiger partial charge in [0.05, 0.1) is 38.6 Å². The summed E-state index contributed by atoms with van der Waals surface area (Å²) < 4.78 is 1.99. The molecule has 11 nitrogen and oxygen atoms in total. The van der Waals surface area contributed by atoms with Gasteiger partial charge in [-0.2, -0.15) is 0 Å². The number of pyridine rings is 2. The molecule has 6 N–H and O–H groups in total. The molecule has 1 saturated heterocycles. The minimum atomic E-state index is -3.87. The van der Waals surface area contributed by atoms with Crippen LogP contribution in [0.2, 0.25) is 0 Å². The number of hydrogen-bond acceptors (Lipinski definition) is 10. The molecule has 1 fully saturated rings. The quantitative estimate of drug-likeness (QED) is 0.126. The van der Waals surface area contributed by atoms with Crippen LogP contribution in [-0.4, -0.2) is 112 Å². The molecule has 42 heavy (non-hydrogen) atoms. The molecule has 10 radical (unpaired) electrons. The van der Waals surface area contributed by atoms with Crippen molar-refractivity contribution in [3.63, 3.8) is 0 Å². The van der Waals surface area contributed by atoms with Crippen molar-refractivity contribution in [1.82, 2.24) is 19.5 Å². The molecule has 1 aromatic carbocycles. The van der Waals surface area contributed by atoms with Crippen LogP contribution < -0.4 is 10.2 Å². The van der Waals surface area contributed by atoms with Crippen LogP contribution in [0, 0.1) is 6.92 Å². The van der Waals surface area contributed by atoms with Gasteiger partial charge < -0.3 is 40.3 Å². The zero-order valence-corrected chi connectivity index (χ0v) is 22.8. The average molecular weight is 554 g/mol. The van der Waals surface area contributed by atoms with E-state index in [0.717, 1.165) is 27.9 Å². The first-order valence-corrected chi connectivity index (χ1v) is 12.5. The van der Waals surface area contributed by atoms with Crippen LogP contribution >= 0.6 is 0 Å². The van der Waals surface area contributed by atoms with Crippen molar-refractivity contribution in [2.24, 2.45) is 7.05 Å². The number of rotatable bonds is 5. The maximum atomic E-state index is 11.0. The molecule has 4 aromatic rings. The Balaban J connectivity index is 1.48. The van der Waals surface area contributed by atoms with E-state index in [2.05, 4.69) is 26.8 Å². The van der Waals surface area contributed by atoms with Gasteiger partial charge in [-0.05, 0) is 41.9 Å². The third kappa shape index (κ3) is 4.12. The summed E-state index contributed by atoms with van der Waals surface area (Å²) in [6, 6.07) is 10.6. The molecule has 0 bridgehead atoms. The number of piperidine rings is 1. The number of aryl methyl sites for hydroxylation is 1. The minimum absolute atomic E-state index is 0.290. The molecule has 0 saturated carbocycles. The lowest BCUT2D eigenvalue weighted by molar-refractivity contribution is -0.346.